The van der Waals surface area contributed by atoms with Crippen molar-refractivity contribution < 1.29 is 4.79 Å². The van der Waals surface area contributed by atoms with Gasteiger partial charge in [0.05, 0.1) is 0 Å². The Bertz CT molecular complexity index is 349. The lowest BCUT2D eigenvalue weighted by Crippen LogP contribution is -2.62. The van der Waals surface area contributed by atoms with Crippen LogP contribution in [0, 0.1) is 0 Å². The molecule has 18 heavy (non-hydrogen) atoms. The molecule has 0 N–H and O–H groups in total. The Balaban J connectivity index is 2.18. The first-order valence-corrected chi connectivity index (χ1v) is 13.5. The summed E-state index contributed by atoms with van der Waals surface area (Å²) >= 11 is 0. The number of hydrazone groups is 1. The minimum Gasteiger partial charge on any atom is -0.349 e. The van der Waals surface area contributed by atoms with Crippen molar-refractivity contribution in [1.82, 2.24) is 4.34 Å². The molecule has 0 bridgehead atoms. The molecule has 0 atom stereocenters. The lowest BCUT2D eigenvalue weighted by atomic mass is 9.98. The lowest BCUT2D eigenvalue weighted by Gasteiger charge is -2.49. The van der Waals surface area contributed by atoms with Crippen LogP contribution in [0.2, 0.25) is 38.3 Å². The molecule has 1 saturated carbocycles. The van der Waals surface area contributed by atoms with E-state index in [1.165, 1.54) is 24.2 Å². The summed E-state index contributed by atoms with van der Waals surface area (Å²) in [5.41, 5.74) is 1.29. The highest BCUT2D eigenvalue weighted by Crippen LogP contribution is 2.35. The monoisotopic (exact) mass is 282 g/mol. The quantitative estimate of drug-likeness (QED) is 0.688. The van der Waals surface area contributed by atoms with Crippen LogP contribution in [-0.4, -0.2) is 32.3 Å². The van der Waals surface area contributed by atoms with Gasteiger partial charge in [0.2, 0.25) is 0 Å². The van der Waals surface area contributed by atoms with Gasteiger partial charge in [0, 0.05) is 18.6 Å². The van der Waals surface area contributed by atoms with Gasteiger partial charge in [-0.1, -0.05) is 32.6 Å². The fourth-order valence-electron chi connectivity index (χ4n) is 3.31. The van der Waals surface area contributed by atoms with E-state index in [1.54, 1.807) is 0 Å². The van der Waals surface area contributed by atoms with Gasteiger partial charge in [0.1, 0.15) is 5.78 Å². The number of hydrogen-bond donors (Lipinski definition) is 0. The average Bonchev–Trinajstić information content (AvgIpc) is 2.25. The highest BCUT2D eigenvalue weighted by atomic mass is 28.4. The summed E-state index contributed by atoms with van der Waals surface area (Å²) in [4.78, 5) is 11.3. The first-order chi connectivity index (χ1) is 8.31. The number of Topliss-reactive ketones (excluding diaryl/α,β-unsaturated/α-hetero) is 1. The molecule has 2 fully saturated rings. The Morgan fingerprint density at radius 3 is 1.94 bits per heavy atom. The SMILES string of the molecule is C[Si]1(C)CCC[Si](C)(C)N1N=C1CCC(=O)CC1. The predicted molar refractivity (Wildman–Crippen MR) is 81.9 cm³/mol. The van der Waals surface area contributed by atoms with Gasteiger partial charge in [0.15, 0.2) is 16.5 Å². The summed E-state index contributed by atoms with van der Waals surface area (Å²) < 4.78 is 2.59. The van der Waals surface area contributed by atoms with Crippen molar-refractivity contribution in [1.29, 1.82) is 0 Å². The van der Waals surface area contributed by atoms with Gasteiger partial charge in [-0.25, -0.2) is 5.10 Å². The van der Waals surface area contributed by atoms with Crippen LogP contribution in [0.25, 0.3) is 0 Å². The summed E-state index contributed by atoms with van der Waals surface area (Å²) in [6.45, 7) is 9.83. The van der Waals surface area contributed by atoms with E-state index in [0.29, 0.717) is 5.78 Å². The normalized spacial score (nSPS) is 27.2. The Morgan fingerprint density at radius 1 is 0.944 bits per heavy atom. The lowest BCUT2D eigenvalue weighted by molar-refractivity contribution is -0.119. The van der Waals surface area contributed by atoms with E-state index < -0.39 is 16.5 Å². The maximum absolute atomic E-state index is 11.3. The Hall–Kier alpha value is -0.426. The molecule has 1 aliphatic carbocycles. The molecule has 0 spiro atoms. The van der Waals surface area contributed by atoms with Gasteiger partial charge in [-0.3, -0.25) is 4.79 Å². The largest absolute Gasteiger partial charge is 0.349 e. The molecule has 0 amide bonds. The highest BCUT2D eigenvalue weighted by molar-refractivity contribution is 6.91. The van der Waals surface area contributed by atoms with Gasteiger partial charge in [-0.05, 0) is 24.9 Å². The molecule has 0 radical (unpaired) electrons. The summed E-state index contributed by atoms with van der Waals surface area (Å²) in [6, 6.07) is 2.75. The maximum atomic E-state index is 11.3. The zero-order valence-electron chi connectivity index (χ0n) is 12.3. The van der Waals surface area contributed by atoms with Crippen LogP contribution in [-0.2, 0) is 4.79 Å². The topological polar surface area (TPSA) is 32.7 Å². The number of hydrogen-bond acceptors (Lipinski definition) is 3. The third-order valence-corrected chi connectivity index (χ3v) is 13.6. The molecule has 3 nitrogen and oxygen atoms in total. The number of nitrogens with zero attached hydrogens (tertiary/aromatic N) is 2. The van der Waals surface area contributed by atoms with Crippen LogP contribution in [0.4, 0.5) is 0 Å². The van der Waals surface area contributed by atoms with Gasteiger partial charge in [0.25, 0.3) is 0 Å². The molecule has 2 rings (SSSR count). The summed E-state index contributed by atoms with van der Waals surface area (Å²) in [5, 5.41) is 5.06. The molecule has 0 aromatic heterocycles. The minimum absolute atomic E-state index is 0.417. The molecular formula is C13H26N2OSi2. The molecule has 5 heteroatoms. The van der Waals surface area contributed by atoms with Gasteiger partial charge in [-0.15, -0.1) is 0 Å². The van der Waals surface area contributed by atoms with Crippen molar-refractivity contribution in [3.05, 3.63) is 0 Å². The summed E-state index contributed by atoms with van der Waals surface area (Å²) in [6.07, 6.45) is 4.65. The fraction of sp³-hybridized carbons (Fsp3) is 0.846. The zero-order valence-corrected chi connectivity index (χ0v) is 14.3. The van der Waals surface area contributed by atoms with Crippen molar-refractivity contribution in [3.63, 3.8) is 0 Å². The van der Waals surface area contributed by atoms with E-state index in [1.807, 2.05) is 0 Å². The van der Waals surface area contributed by atoms with Crippen LogP contribution >= 0.6 is 0 Å². The smallest absolute Gasteiger partial charge is 0.161 e. The molecule has 1 saturated heterocycles. The molecule has 0 unspecified atom stereocenters. The number of ketones is 1. The van der Waals surface area contributed by atoms with E-state index in [2.05, 4.69) is 30.5 Å². The second kappa shape index (κ2) is 4.92. The fourth-order valence-corrected chi connectivity index (χ4v) is 14.2. The average molecular weight is 283 g/mol. The molecular weight excluding hydrogens is 256 g/mol. The number of rotatable bonds is 1. The van der Waals surface area contributed by atoms with E-state index in [0.717, 1.165) is 25.7 Å². The molecule has 2 aliphatic rings. The van der Waals surface area contributed by atoms with Crippen LogP contribution in [0.3, 0.4) is 0 Å². The number of carbonyl (C=O) groups excluding carboxylic acids is 1. The third-order valence-electron chi connectivity index (χ3n) is 4.35. The second-order valence-electron chi connectivity index (χ2n) is 7.00. The van der Waals surface area contributed by atoms with Crippen LogP contribution in [0.1, 0.15) is 32.1 Å². The first kappa shape index (κ1) is 14.0. The van der Waals surface area contributed by atoms with Crippen LogP contribution in [0.5, 0.6) is 0 Å². The van der Waals surface area contributed by atoms with Gasteiger partial charge >= 0.3 is 0 Å². The van der Waals surface area contributed by atoms with E-state index in [4.69, 9.17) is 5.10 Å². The van der Waals surface area contributed by atoms with Crippen molar-refractivity contribution >= 4 is 28.0 Å². The highest BCUT2D eigenvalue weighted by Gasteiger charge is 2.44. The maximum Gasteiger partial charge on any atom is 0.161 e. The van der Waals surface area contributed by atoms with Gasteiger partial charge < -0.3 is 4.34 Å². The van der Waals surface area contributed by atoms with E-state index >= 15 is 0 Å². The van der Waals surface area contributed by atoms with E-state index in [9.17, 15) is 4.79 Å². The third kappa shape index (κ3) is 2.93. The number of carbonyl (C=O) groups is 1. The van der Waals surface area contributed by atoms with Crippen LogP contribution < -0.4 is 0 Å². The molecule has 0 aromatic carbocycles. The molecule has 1 aliphatic heterocycles. The van der Waals surface area contributed by atoms with Crippen molar-refractivity contribution in [2.75, 3.05) is 0 Å². The summed E-state index contributed by atoms with van der Waals surface area (Å²) in [7, 11) is -2.67. The predicted octanol–water partition coefficient (Wildman–Crippen LogP) is 3.60. The Kier molecular flexibility index (Phi) is 3.83. The van der Waals surface area contributed by atoms with Crippen molar-refractivity contribution in [2.24, 2.45) is 5.10 Å². The van der Waals surface area contributed by atoms with Gasteiger partial charge in [-0.2, -0.15) is 0 Å². The van der Waals surface area contributed by atoms with E-state index in [-0.39, 0.29) is 0 Å². The molecule has 102 valence electrons. The Morgan fingerprint density at radius 2 is 1.44 bits per heavy atom. The Labute approximate surface area is 113 Å². The molecule has 1 heterocycles. The van der Waals surface area contributed by atoms with Crippen molar-refractivity contribution in [2.45, 2.75) is 70.4 Å². The first-order valence-electron chi connectivity index (χ1n) is 7.20. The van der Waals surface area contributed by atoms with Crippen LogP contribution in [0.15, 0.2) is 5.10 Å². The zero-order chi connectivity index (χ0) is 13.4. The summed E-state index contributed by atoms with van der Waals surface area (Å²) in [5.74, 6) is 0.417. The van der Waals surface area contributed by atoms with Crippen molar-refractivity contribution in [3.8, 4) is 0 Å². The standard InChI is InChI=1S/C13H26N2OSi2/c1-17(2)10-5-11-18(3,4)15(17)14-12-6-8-13(16)9-7-12/h5-11H2,1-4H3. The second-order valence-corrected chi connectivity index (χ2v) is 16.5. The molecule has 0 aromatic rings. The minimum atomic E-state index is -1.33.